The largest absolute Gasteiger partial charge is 0.356 e. The smallest absolute Gasteiger partial charge is 0.194 e. The lowest BCUT2D eigenvalue weighted by molar-refractivity contribution is 0.474. The fourth-order valence-electron chi connectivity index (χ4n) is 2.74. The molecule has 0 saturated heterocycles. The fourth-order valence-corrected chi connectivity index (χ4v) is 3.45. The normalized spacial score (nSPS) is 11.2. The number of nitrogens with zero attached hydrogens (tertiary/aromatic N) is 5. The van der Waals surface area contributed by atoms with E-state index in [1.165, 1.54) is 17.0 Å². The highest BCUT2D eigenvalue weighted by molar-refractivity contribution is 14.0. The van der Waals surface area contributed by atoms with Crippen LogP contribution in [0.25, 0.3) is 0 Å². The lowest BCUT2D eigenvalue weighted by Gasteiger charge is -2.22. The third kappa shape index (κ3) is 6.77. The Morgan fingerprint density at radius 3 is 2.62 bits per heavy atom. The molecular formula is C20H26FIN6S. The van der Waals surface area contributed by atoms with Crippen molar-refractivity contribution in [2.75, 3.05) is 13.6 Å². The second-order valence-corrected chi connectivity index (χ2v) is 7.63. The van der Waals surface area contributed by atoms with Crippen LogP contribution in [0.1, 0.15) is 22.1 Å². The molecule has 0 aliphatic rings. The number of thiophene rings is 1. The summed E-state index contributed by atoms with van der Waals surface area (Å²) in [5.41, 5.74) is 1.02. The third-order valence-electron chi connectivity index (χ3n) is 4.48. The molecule has 2 heterocycles. The van der Waals surface area contributed by atoms with E-state index < -0.39 is 0 Å². The Kier molecular flexibility index (Phi) is 9.02. The minimum atomic E-state index is -0.230. The molecule has 0 fully saturated rings. The highest BCUT2D eigenvalue weighted by atomic mass is 127. The van der Waals surface area contributed by atoms with Gasteiger partial charge in [-0.1, -0.05) is 18.2 Å². The number of nitrogens with one attached hydrogen (secondary N) is 1. The number of aromatic nitrogens is 3. The Bertz CT molecular complexity index is 908. The van der Waals surface area contributed by atoms with Gasteiger partial charge in [0.25, 0.3) is 0 Å². The number of guanidine groups is 1. The molecule has 0 bridgehead atoms. The maximum atomic E-state index is 13.2. The van der Waals surface area contributed by atoms with E-state index in [1.807, 2.05) is 30.5 Å². The lowest BCUT2D eigenvalue weighted by atomic mass is 10.2. The Morgan fingerprint density at radius 2 is 2.00 bits per heavy atom. The molecule has 0 atom stereocenters. The molecule has 156 valence electrons. The van der Waals surface area contributed by atoms with E-state index in [4.69, 9.17) is 4.99 Å². The maximum Gasteiger partial charge on any atom is 0.194 e. The second-order valence-electron chi connectivity index (χ2n) is 6.60. The standard InChI is InChI=1S/C20H25FN6S.HI/c1-15-24-25-19(27(15)3)13-23-20(22-11-10-18-5-4-12-28-18)26(2)14-16-6-8-17(21)9-7-16;/h4-9,12H,10-11,13-14H2,1-3H3,(H,22,23);1H. The maximum absolute atomic E-state index is 13.2. The van der Waals surface area contributed by atoms with Crippen LogP contribution in [0.3, 0.4) is 0 Å². The molecule has 0 aliphatic carbocycles. The van der Waals surface area contributed by atoms with Crippen molar-refractivity contribution in [3.8, 4) is 0 Å². The summed E-state index contributed by atoms with van der Waals surface area (Å²) < 4.78 is 15.1. The van der Waals surface area contributed by atoms with Crippen LogP contribution < -0.4 is 5.32 Å². The zero-order chi connectivity index (χ0) is 19.9. The van der Waals surface area contributed by atoms with Gasteiger partial charge in [-0.05, 0) is 42.5 Å². The molecule has 0 amide bonds. The molecule has 6 nitrogen and oxygen atoms in total. The molecule has 1 aromatic carbocycles. The summed E-state index contributed by atoms with van der Waals surface area (Å²) in [6.45, 7) is 3.77. The predicted molar refractivity (Wildman–Crippen MR) is 126 cm³/mol. The van der Waals surface area contributed by atoms with E-state index in [9.17, 15) is 4.39 Å². The molecule has 0 spiro atoms. The SMILES string of the molecule is Cc1nnc(CN=C(NCCc2cccs2)N(C)Cc2ccc(F)cc2)n1C.I. The third-order valence-corrected chi connectivity index (χ3v) is 5.42. The number of hydrogen-bond donors (Lipinski definition) is 1. The van der Waals surface area contributed by atoms with Gasteiger partial charge in [0.1, 0.15) is 18.2 Å². The molecule has 29 heavy (non-hydrogen) atoms. The molecular weight excluding hydrogens is 502 g/mol. The number of halogens is 2. The first kappa shape index (κ1) is 23.3. The fraction of sp³-hybridized carbons (Fsp3) is 0.350. The molecule has 3 aromatic rings. The number of hydrogen-bond acceptors (Lipinski definition) is 4. The summed E-state index contributed by atoms with van der Waals surface area (Å²) in [5, 5.41) is 13.8. The molecule has 0 unspecified atom stereocenters. The molecule has 0 aliphatic heterocycles. The van der Waals surface area contributed by atoms with Gasteiger partial charge in [0.05, 0.1) is 0 Å². The van der Waals surface area contributed by atoms with Crippen molar-refractivity contribution in [3.63, 3.8) is 0 Å². The van der Waals surface area contributed by atoms with Crippen molar-refractivity contribution in [1.82, 2.24) is 25.0 Å². The minimum Gasteiger partial charge on any atom is -0.356 e. The zero-order valence-corrected chi connectivity index (χ0v) is 19.9. The summed E-state index contributed by atoms with van der Waals surface area (Å²) in [7, 11) is 3.91. The average molecular weight is 528 g/mol. The van der Waals surface area contributed by atoms with Crippen LogP contribution in [0.2, 0.25) is 0 Å². The van der Waals surface area contributed by atoms with Crippen LogP contribution in [0, 0.1) is 12.7 Å². The summed E-state index contributed by atoms with van der Waals surface area (Å²) in [4.78, 5) is 8.10. The highest BCUT2D eigenvalue weighted by Crippen LogP contribution is 2.09. The first-order valence-electron chi connectivity index (χ1n) is 9.14. The Morgan fingerprint density at radius 1 is 1.24 bits per heavy atom. The quantitative estimate of drug-likeness (QED) is 0.288. The van der Waals surface area contributed by atoms with Gasteiger partial charge in [0, 0.05) is 32.1 Å². The number of aliphatic imine (C=N–C) groups is 1. The van der Waals surface area contributed by atoms with Gasteiger partial charge in [0.15, 0.2) is 11.8 Å². The topological polar surface area (TPSA) is 58.3 Å². The van der Waals surface area contributed by atoms with Crippen molar-refractivity contribution >= 4 is 41.3 Å². The number of aryl methyl sites for hydroxylation is 1. The van der Waals surface area contributed by atoms with Gasteiger partial charge in [-0.25, -0.2) is 9.38 Å². The second kappa shape index (κ2) is 11.2. The molecule has 0 radical (unpaired) electrons. The van der Waals surface area contributed by atoms with Crippen LogP contribution in [-0.2, 0) is 26.6 Å². The molecule has 3 rings (SSSR count). The van der Waals surface area contributed by atoms with Gasteiger partial charge in [-0.2, -0.15) is 0 Å². The lowest BCUT2D eigenvalue weighted by Crippen LogP contribution is -2.39. The van der Waals surface area contributed by atoms with Crippen LogP contribution in [0.4, 0.5) is 4.39 Å². The van der Waals surface area contributed by atoms with Crippen LogP contribution in [0.5, 0.6) is 0 Å². The van der Waals surface area contributed by atoms with Gasteiger partial charge < -0.3 is 14.8 Å². The van der Waals surface area contributed by atoms with Gasteiger partial charge in [-0.3, -0.25) is 0 Å². The highest BCUT2D eigenvalue weighted by Gasteiger charge is 2.10. The molecule has 2 aromatic heterocycles. The zero-order valence-electron chi connectivity index (χ0n) is 16.8. The monoisotopic (exact) mass is 528 g/mol. The summed E-state index contributed by atoms with van der Waals surface area (Å²) in [5.74, 6) is 2.22. The van der Waals surface area contributed by atoms with Crippen molar-refractivity contribution in [3.05, 3.63) is 69.7 Å². The van der Waals surface area contributed by atoms with E-state index in [-0.39, 0.29) is 29.8 Å². The minimum absolute atomic E-state index is 0. The summed E-state index contributed by atoms with van der Waals surface area (Å²) >= 11 is 1.75. The first-order chi connectivity index (χ1) is 13.5. The van der Waals surface area contributed by atoms with E-state index in [0.717, 1.165) is 36.1 Å². The van der Waals surface area contributed by atoms with E-state index in [0.29, 0.717) is 13.1 Å². The van der Waals surface area contributed by atoms with Crippen LogP contribution in [-0.4, -0.2) is 39.2 Å². The first-order valence-corrected chi connectivity index (χ1v) is 10.0. The van der Waals surface area contributed by atoms with Gasteiger partial charge in [-0.15, -0.1) is 45.5 Å². The van der Waals surface area contributed by atoms with Crippen molar-refractivity contribution in [2.45, 2.75) is 26.4 Å². The Labute approximate surface area is 191 Å². The van der Waals surface area contributed by atoms with Gasteiger partial charge >= 0.3 is 0 Å². The van der Waals surface area contributed by atoms with E-state index in [2.05, 4.69) is 33.0 Å². The predicted octanol–water partition coefficient (Wildman–Crippen LogP) is 3.76. The Hall–Kier alpha value is -2.01. The van der Waals surface area contributed by atoms with Gasteiger partial charge in [0.2, 0.25) is 0 Å². The molecule has 0 saturated carbocycles. The van der Waals surface area contributed by atoms with Crippen molar-refractivity contribution in [1.29, 1.82) is 0 Å². The van der Waals surface area contributed by atoms with Crippen molar-refractivity contribution in [2.24, 2.45) is 12.0 Å². The number of benzene rings is 1. The average Bonchev–Trinajstić information content (AvgIpc) is 3.31. The van der Waals surface area contributed by atoms with E-state index >= 15 is 0 Å². The summed E-state index contributed by atoms with van der Waals surface area (Å²) in [6, 6.07) is 10.7. The summed E-state index contributed by atoms with van der Waals surface area (Å²) in [6.07, 6.45) is 0.935. The van der Waals surface area contributed by atoms with Crippen molar-refractivity contribution < 1.29 is 4.39 Å². The Balaban J connectivity index is 0.00000300. The van der Waals surface area contributed by atoms with Crippen LogP contribution >= 0.6 is 35.3 Å². The molecule has 9 heteroatoms. The van der Waals surface area contributed by atoms with E-state index in [1.54, 1.807) is 23.5 Å². The van der Waals surface area contributed by atoms with Crippen LogP contribution in [0.15, 0.2) is 46.8 Å². The molecule has 1 N–H and O–H groups in total. The number of rotatable bonds is 7.